The van der Waals surface area contributed by atoms with Crippen LogP contribution in [0, 0.1) is 0 Å². The molecule has 2 atom stereocenters. The minimum absolute atomic E-state index is 0.0720. The molecule has 2 N–H and O–H groups in total. The van der Waals surface area contributed by atoms with Crippen LogP contribution in [0.3, 0.4) is 0 Å². The Morgan fingerprint density at radius 1 is 1.02 bits per heavy atom. The fourth-order valence-electron chi connectivity index (χ4n) is 5.16. The van der Waals surface area contributed by atoms with E-state index in [0.717, 1.165) is 29.9 Å². The standard InChI is InChI=1S/C35H36N2O9/c1-3-4-13-32-36-20-26(18-24(33(38)39)19-31-29-11-7-8-12-30(29)45-35(42-2)46-31)37(32)25-14-16-27(17-15-25)44-22-43-21-23-9-5-6-10-28(23)34(40)41/h5-12,14-18,20,31,35H,3-4,13,19,21-22H2,1-2H3,(H,38,39)(H,40,41)/b24-18+. The number of hydrogen-bond donors (Lipinski definition) is 2. The van der Waals surface area contributed by atoms with Crippen molar-refractivity contribution >= 4 is 18.0 Å². The van der Waals surface area contributed by atoms with E-state index < -0.39 is 24.5 Å². The molecule has 0 bridgehead atoms. The van der Waals surface area contributed by atoms with Gasteiger partial charge in [-0.3, -0.25) is 4.57 Å². The Morgan fingerprint density at radius 2 is 1.78 bits per heavy atom. The maximum absolute atomic E-state index is 12.5. The van der Waals surface area contributed by atoms with Crippen LogP contribution < -0.4 is 9.47 Å². The Morgan fingerprint density at radius 3 is 2.52 bits per heavy atom. The van der Waals surface area contributed by atoms with Gasteiger partial charge in [0.1, 0.15) is 17.3 Å². The lowest BCUT2D eigenvalue weighted by atomic mass is 9.99. The van der Waals surface area contributed by atoms with Crippen molar-refractivity contribution in [2.45, 2.75) is 51.8 Å². The van der Waals surface area contributed by atoms with E-state index in [-0.39, 0.29) is 31.0 Å². The number of nitrogens with zero attached hydrogens (tertiary/aromatic N) is 2. The number of carboxylic acid groups (broad SMARTS) is 2. The van der Waals surface area contributed by atoms with Gasteiger partial charge < -0.3 is 33.9 Å². The fourth-order valence-corrected chi connectivity index (χ4v) is 5.16. The normalized spacial score (nSPS) is 16.0. The van der Waals surface area contributed by atoms with E-state index in [4.69, 9.17) is 23.7 Å². The molecule has 2 heterocycles. The summed E-state index contributed by atoms with van der Waals surface area (Å²) in [6.07, 6.45) is 5.39. The van der Waals surface area contributed by atoms with Crippen LogP contribution in [-0.4, -0.2) is 52.1 Å². The molecule has 0 spiro atoms. The highest BCUT2D eigenvalue weighted by atomic mass is 16.8. The van der Waals surface area contributed by atoms with Crippen molar-refractivity contribution in [2.75, 3.05) is 13.9 Å². The fraction of sp³-hybridized carbons (Fsp3) is 0.286. The zero-order valence-corrected chi connectivity index (χ0v) is 25.6. The summed E-state index contributed by atoms with van der Waals surface area (Å²) in [6.45, 7) is 1.17. The first-order chi connectivity index (χ1) is 22.4. The van der Waals surface area contributed by atoms with E-state index in [1.807, 2.05) is 34.9 Å². The highest BCUT2D eigenvalue weighted by Gasteiger charge is 2.30. The third kappa shape index (κ3) is 7.81. The molecule has 0 amide bonds. The number of hydrogen-bond acceptors (Lipinski definition) is 8. The van der Waals surface area contributed by atoms with E-state index in [9.17, 15) is 19.8 Å². The quantitative estimate of drug-likeness (QED) is 0.0863. The van der Waals surface area contributed by atoms with Crippen LogP contribution in [0.25, 0.3) is 11.8 Å². The third-order valence-electron chi connectivity index (χ3n) is 7.48. The highest BCUT2D eigenvalue weighted by molar-refractivity contribution is 5.92. The van der Waals surface area contributed by atoms with Gasteiger partial charge in [-0.25, -0.2) is 14.6 Å². The predicted molar refractivity (Wildman–Crippen MR) is 168 cm³/mol. The van der Waals surface area contributed by atoms with Crippen molar-refractivity contribution in [1.82, 2.24) is 9.55 Å². The van der Waals surface area contributed by atoms with Crippen molar-refractivity contribution in [2.24, 2.45) is 0 Å². The summed E-state index contributed by atoms with van der Waals surface area (Å²) < 4.78 is 30.1. The average Bonchev–Trinajstić information content (AvgIpc) is 3.47. The van der Waals surface area contributed by atoms with Gasteiger partial charge in [0.2, 0.25) is 0 Å². The van der Waals surface area contributed by atoms with Crippen LogP contribution in [0.4, 0.5) is 0 Å². The number of aromatic carboxylic acids is 1. The number of fused-ring (bicyclic) bond motifs is 1. The zero-order chi connectivity index (χ0) is 32.5. The molecule has 1 aliphatic rings. The van der Waals surface area contributed by atoms with Gasteiger partial charge in [0, 0.05) is 36.8 Å². The summed E-state index contributed by atoms with van der Waals surface area (Å²) in [5.74, 6) is -0.143. The van der Waals surface area contributed by atoms with Crippen molar-refractivity contribution in [3.63, 3.8) is 0 Å². The maximum Gasteiger partial charge on any atom is 0.336 e. The third-order valence-corrected chi connectivity index (χ3v) is 7.48. The molecule has 1 aliphatic heterocycles. The SMILES string of the molecule is CCCCc1ncc(/C=C(\CC2OC(OC)Oc3ccccc32)C(=O)O)n1-c1ccc(OCOCc2ccccc2C(=O)O)cc1. The Bertz CT molecular complexity index is 1680. The van der Waals surface area contributed by atoms with Gasteiger partial charge in [-0.05, 0) is 54.5 Å². The molecule has 3 aromatic carbocycles. The summed E-state index contributed by atoms with van der Waals surface area (Å²) in [4.78, 5) is 28.6. The van der Waals surface area contributed by atoms with Crippen LogP contribution in [0.1, 0.15) is 65.3 Å². The number of aliphatic carboxylic acids is 1. The number of benzene rings is 3. The van der Waals surface area contributed by atoms with Gasteiger partial charge in [0.05, 0.1) is 30.2 Å². The molecule has 1 aromatic heterocycles. The van der Waals surface area contributed by atoms with Crippen LogP contribution in [0.15, 0.2) is 84.6 Å². The van der Waals surface area contributed by atoms with Crippen molar-refractivity contribution in [3.05, 3.63) is 113 Å². The molecule has 2 unspecified atom stereocenters. The number of ether oxygens (including phenoxy) is 5. The van der Waals surface area contributed by atoms with Gasteiger partial charge in [-0.1, -0.05) is 49.7 Å². The number of aryl methyl sites for hydroxylation is 1. The largest absolute Gasteiger partial charge is 0.478 e. The van der Waals surface area contributed by atoms with Gasteiger partial charge >= 0.3 is 18.4 Å². The van der Waals surface area contributed by atoms with Gasteiger partial charge in [0.15, 0.2) is 6.79 Å². The molecule has 240 valence electrons. The van der Waals surface area contributed by atoms with Crippen molar-refractivity contribution in [3.8, 4) is 17.2 Å². The molecular weight excluding hydrogens is 592 g/mol. The summed E-state index contributed by atoms with van der Waals surface area (Å²) in [7, 11) is 1.46. The topological polar surface area (TPSA) is 139 Å². The Balaban J connectivity index is 1.34. The van der Waals surface area contributed by atoms with Gasteiger partial charge in [0.25, 0.3) is 0 Å². The second-order valence-corrected chi connectivity index (χ2v) is 10.6. The first-order valence-corrected chi connectivity index (χ1v) is 14.9. The monoisotopic (exact) mass is 628 g/mol. The number of rotatable bonds is 15. The Labute approximate surface area is 266 Å². The molecule has 5 rings (SSSR count). The molecule has 0 saturated carbocycles. The first kappa shape index (κ1) is 32.4. The molecule has 4 aromatic rings. The summed E-state index contributed by atoms with van der Waals surface area (Å²) in [5.41, 5.74) is 3.02. The minimum Gasteiger partial charge on any atom is -0.478 e. The van der Waals surface area contributed by atoms with E-state index in [1.54, 1.807) is 48.7 Å². The molecule has 0 saturated heterocycles. The maximum atomic E-state index is 12.5. The second kappa shape index (κ2) is 15.3. The van der Waals surface area contributed by atoms with E-state index in [2.05, 4.69) is 11.9 Å². The smallest absolute Gasteiger partial charge is 0.336 e. The van der Waals surface area contributed by atoms with Crippen LogP contribution in [-0.2, 0) is 32.0 Å². The molecular formula is C35H36N2O9. The lowest BCUT2D eigenvalue weighted by molar-refractivity contribution is -0.268. The summed E-state index contributed by atoms with van der Waals surface area (Å²) in [5, 5.41) is 19.6. The Hall–Kier alpha value is -4.97. The zero-order valence-electron chi connectivity index (χ0n) is 25.6. The van der Waals surface area contributed by atoms with E-state index >= 15 is 0 Å². The van der Waals surface area contributed by atoms with Crippen LogP contribution >= 0.6 is 0 Å². The highest BCUT2D eigenvalue weighted by Crippen LogP contribution is 2.38. The van der Waals surface area contributed by atoms with Crippen molar-refractivity contribution < 1.29 is 43.5 Å². The molecule has 0 fully saturated rings. The first-order valence-electron chi connectivity index (χ1n) is 14.9. The second-order valence-electron chi connectivity index (χ2n) is 10.6. The summed E-state index contributed by atoms with van der Waals surface area (Å²) >= 11 is 0. The molecule has 46 heavy (non-hydrogen) atoms. The average molecular weight is 629 g/mol. The number of carboxylic acids is 2. The molecule has 0 aliphatic carbocycles. The number of carbonyl (C=O) groups is 2. The lowest BCUT2D eigenvalue weighted by Crippen LogP contribution is -2.30. The lowest BCUT2D eigenvalue weighted by Gasteiger charge is -2.31. The van der Waals surface area contributed by atoms with Crippen molar-refractivity contribution in [1.29, 1.82) is 0 Å². The van der Waals surface area contributed by atoms with E-state index in [0.29, 0.717) is 29.2 Å². The summed E-state index contributed by atoms with van der Waals surface area (Å²) in [6, 6.07) is 21.3. The number of para-hydroxylation sites is 1. The van der Waals surface area contributed by atoms with Gasteiger partial charge in [-0.15, -0.1) is 0 Å². The number of imidazole rings is 1. The molecule has 0 radical (unpaired) electrons. The molecule has 11 nitrogen and oxygen atoms in total. The van der Waals surface area contributed by atoms with E-state index in [1.165, 1.54) is 13.2 Å². The number of aromatic nitrogens is 2. The van der Waals surface area contributed by atoms with Gasteiger partial charge in [-0.2, -0.15) is 0 Å². The molecule has 11 heteroatoms. The van der Waals surface area contributed by atoms with Crippen LogP contribution in [0.5, 0.6) is 11.5 Å². The predicted octanol–water partition coefficient (Wildman–Crippen LogP) is 6.40. The minimum atomic E-state index is -1.07. The number of unbranched alkanes of at least 4 members (excludes halogenated alkanes) is 1. The van der Waals surface area contributed by atoms with Crippen LogP contribution in [0.2, 0.25) is 0 Å². The number of methoxy groups -OCH3 is 1. The Kier molecular flexibility index (Phi) is 10.8.